The van der Waals surface area contributed by atoms with Gasteiger partial charge in [0.15, 0.2) is 0 Å². The lowest BCUT2D eigenvalue weighted by Crippen LogP contribution is -2.02. The van der Waals surface area contributed by atoms with Crippen molar-refractivity contribution in [1.82, 2.24) is 14.5 Å². The van der Waals surface area contributed by atoms with Crippen molar-refractivity contribution < 1.29 is 4.42 Å². The van der Waals surface area contributed by atoms with Crippen molar-refractivity contribution in [3.63, 3.8) is 0 Å². The van der Waals surface area contributed by atoms with Crippen LogP contribution in [0.5, 0.6) is 0 Å². The van der Waals surface area contributed by atoms with Crippen LogP contribution in [0, 0.1) is 20.8 Å². The van der Waals surface area contributed by atoms with Crippen LogP contribution in [-0.2, 0) is 13.0 Å². The molecule has 6 heteroatoms. The van der Waals surface area contributed by atoms with E-state index >= 15 is 0 Å². The van der Waals surface area contributed by atoms with Crippen LogP contribution in [0.15, 0.2) is 39.6 Å². The first-order valence-corrected chi connectivity index (χ1v) is 9.91. The topological polar surface area (TPSA) is 43.9 Å². The van der Waals surface area contributed by atoms with Gasteiger partial charge in [-0.15, -0.1) is 22.7 Å². The number of thiazole rings is 2. The maximum Gasteiger partial charge on any atom is 0.123 e. The fourth-order valence-corrected chi connectivity index (χ4v) is 4.44. The molecule has 0 aromatic carbocycles. The summed E-state index contributed by atoms with van der Waals surface area (Å²) >= 11 is 3.39. The molecular weight excluding hydrogens is 350 g/mol. The van der Waals surface area contributed by atoms with E-state index in [-0.39, 0.29) is 0 Å². The van der Waals surface area contributed by atoms with E-state index in [0.717, 1.165) is 40.1 Å². The summed E-state index contributed by atoms with van der Waals surface area (Å²) < 4.78 is 7.77. The molecule has 4 nitrogen and oxygen atoms in total. The molecule has 0 N–H and O–H groups in total. The van der Waals surface area contributed by atoms with Crippen molar-refractivity contribution in [3.8, 4) is 11.3 Å². The van der Waals surface area contributed by atoms with Gasteiger partial charge in [-0.3, -0.25) is 0 Å². The number of rotatable bonds is 5. The zero-order valence-corrected chi connectivity index (χ0v) is 16.1. The van der Waals surface area contributed by atoms with E-state index in [9.17, 15) is 0 Å². The molecule has 4 aromatic heterocycles. The summed E-state index contributed by atoms with van der Waals surface area (Å²) in [6.07, 6.45) is 2.53. The van der Waals surface area contributed by atoms with Gasteiger partial charge in [0.1, 0.15) is 5.76 Å². The normalized spacial score (nSPS) is 11.3. The van der Waals surface area contributed by atoms with E-state index in [1.165, 1.54) is 17.0 Å². The van der Waals surface area contributed by atoms with E-state index in [4.69, 9.17) is 9.40 Å². The quantitative estimate of drug-likeness (QED) is 0.484. The van der Waals surface area contributed by atoms with Crippen LogP contribution >= 0.6 is 22.7 Å². The number of furan rings is 1. The summed E-state index contributed by atoms with van der Waals surface area (Å²) in [6, 6.07) is 6.15. The Bertz CT molecular complexity index is 992. The third-order valence-electron chi connectivity index (χ3n) is 4.29. The van der Waals surface area contributed by atoms with Crippen LogP contribution in [0.2, 0.25) is 0 Å². The SMILES string of the molecule is Cc1nc(Cc2nc(-c3cc(C)n(Cc4ccco4)c3C)cs2)cs1. The highest BCUT2D eigenvalue weighted by Gasteiger charge is 2.15. The highest BCUT2D eigenvalue weighted by Crippen LogP contribution is 2.29. The van der Waals surface area contributed by atoms with Crippen molar-refractivity contribution in [2.75, 3.05) is 0 Å². The zero-order valence-electron chi connectivity index (χ0n) is 14.4. The number of hydrogen-bond acceptors (Lipinski definition) is 5. The van der Waals surface area contributed by atoms with Crippen LogP contribution in [0.25, 0.3) is 11.3 Å². The number of hydrogen-bond donors (Lipinski definition) is 0. The Morgan fingerprint density at radius 1 is 1.12 bits per heavy atom. The zero-order chi connectivity index (χ0) is 17.4. The summed E-state index contributed by atoms with van der Waals surface area (Å²) in [5, 5.41) is 6.48. The van der Waals surface area contributed by atoms with Gasteiger partial charge >= 0.3 is 0 Å². The third-order valence-corrected chi connectivity index (χ3v) is 5.97. The number of nitrogens with zero attached hydrogens (tertiary/aromatic N) is 3. The van der Waals surface area contributed by atoms with Crippen LogP contribution < -0.4 is 0 Å². The van der Waals surface area contributed by atoms with Crippen molar-refractivity contribution >= 4 is 22.7 Å². The monoisotopic (exact) mass is 369 g/mol. The Kier molecular flexibility index (Phi) is 4.31. The van der Waals surface area contributed by atoms with E-state index < -0.39 is 0 Å². The van der Waals surface area contributed by atoms with E-state index in [1.807, 2.05) is 19.1 Å². The molecule has 0 radical (unpaired) electrons. The van der Waals surface area contributed by atoms with Gasteiger partial charge in [-0.05, 0) is 39.0 Å². The summed E-state index contributed by atoms with van der Waals surface area (Å²) in [7, 11) is 0. The molecule has 0 atom stereocenters. The maximum atomic E-state index is 5.49. The van der Waals surface area contributed by atoms with E-state index in [1.54, 1.807) is 28.9 Å². The minimum Gasteiger partial charge on any atom is -0.467 e. The molecule has 0 spiro atoms. The van der Waals surface area contributed by atoms with Gasteiger partial charge in [0.2, 0.25) is 0 Å². The van der Waals surface area contributed by atoms with Gasteiger partial charge in [0.05, 0.1) is 34.2 Å². The molecule has 25 heavy (non-hydrogen) atoms. The standard InChI is InChI=1S/C19H19N3OS2/c1-12-7-17(13(2)22(12)9-16-5-4-6-23-16)18-11-25-19(21-18)8-15-10-24-14(3)20-15/h4-7,10-11H,8-9H2,1-3H3. The molecule has 0 saturated carbocycles. The van der Waals surface area contributed by atoms with Crippen molar-refractivity contribution in [3.05, 3.63) is 68.1 Å². The van der Waals surface area contributed by atoms with Gasteiger partial charge < -0.3 is 8.98 Å². The first-order valence-electron chi connectivity index (χ1n) is 8.15. The van der Waals surface area contributed by atoms with Gasteiger partial charge in [-0.1, -0.05) is 0 Å². The lowest BCUT2D eigenvalue weighted by molar-refractivity contribution is 0.489. The number of aromatic nitrogens is 3. The molecule has 0 unspecified atom stereocenters. The minimum atomic E-state index is 0.750. The largest absolute Gasteiger partial charge is 0.467 e. The third kappa shape index (κ3) is 3.32. The lowest BCUT2D eigenvalue weighted by atomic mass is 10.2. The second kappa shape index (κ2) is 6.61. The predicted molar refractivity (Wildman–Crippen MR) is 102 cm³/mol. The maximum absolute atomic E-state index is 5.49. The van der Waals surface area contributed by atoms with Gasteiger partial charge in [0.25, 0.3) is 0 Å². The highest BCUT2D eigenvalue weighted by atomic mass is 32.1. The fourth-order valence-electron chi connectivity index (χ4n) is 3.02. The highest BCUT2D eigenvalue weighted by molar-refractivity contribution is 7.10. The Balaban J connectivity index is 1.60. The van der Waals surface area contributed by atoms with Crippen molar-refractivity contribution in [2.45, 2.75) is 33.7 Å². The van der Waals surface area contributed by atoms with Gasteiger partial charge in [-0.25, -0.2) is 9.97 Å². The second-order valence-electron chi connectivity index (χ2n) is 6.11. The molecule has 0 amide bonds. The van der Waals surface area contributed by atoms with Crippen molar-refractivity contribution in [2.24, 2.45) is 0 Å². The molecule has 128 valence electrons. The molecule has 0 fully saturated rings. The van der Waals surface area contributed by atoms with E-state index in [0.29, 0.717) is 0 Å². The molecule has 0 bridgehead atoms. The fraction of sp³-hybridized carbons (Fsp3) is 0.263. The van der Waals surface area contributed by atoms with Crippen LogP contribution in [0.3, 0.4) is 0 Å². The van der Waals surface area contributed by atoms with Crippen LogP contribution in [0.1, 0.15) is 32.9 Å². The average molecular weight is 370 g/mol. The molecule has 0 aliphatic rings. The summed E-state index contributed by atoms with van der Waals surface area (Å²) in [4.78, 5) is 9.38. The van der Waals surface area contributed by atoms with E-state index in [2.05, 4.69) is 40.2 Å². The molecule has 4 rings (SSSR count). The molecule has 0 aliphatic carbocycles. The average Bonchev–Trinajstić information content (AvgIpc) is 3.35. The molecular formula is C19H19N3OS2. The Morgan fingerprint density at radius 3 is 2.72 bits per heavy atom. The number of aryl methyl sites for hydroxylation is 2. The minimum absolute atomic E-state index is 0.750. The Labute approximate surface area is 154 Å². The molecule has 0 aliphatic heterocycles. The van der Waals surface area contributed by atoms with Gasteiger partial charge in [-0.2, -0.15) is 0 Å². The smallest absolute Gasteiger partial charge is 0.123 e. The van der Waals surface area contributed by atoms with Crippen LogP contribution in [-0.4, -0.2) is 14.5 Å². The van der Waals surface area contributed by atoms with Gasteiger partial charge in [0, 0.05) is 34.1 Å². The van der Waals surface area contributed by atoms with Crippen LogP contribution in [0.4, 0.5) is 0 Å². The second-order valence-corrected chi connectivity index (χ2v) is 8.12. The Hall–Kier alpha value is -2.18. The summed E-state index contributed by atoms with van der Waals surface area (Å²) in [6.45, 7) is 7.06. The summed E-state index contributed by atoms with van der Waals surface area (Å²) in [5.74, 6) is 0.964. The predicted octanol–water partition coefficient (Wildman–Crippen LogP) is 5.23. The molecule has 4 heterocycles. The lowest BCUT2D eigenvalue weighted by Gasteiger charge is -2.07. The first kappa shape index (κ1) is 16.3. The first-order chi connectivity index (χ1) is 12.1. The van der Waals surface area contributed by atoms with Crippen molar-refractivity contribution in [1.29, 1.82) is 0 Å². The molecule has 4 aromatic rings. The summed E-state index contributed by atoms with van der Waals surface area (Å²) in [5.41, 5.74) is 5.78. The Morgan fingerprint density at radius 2 is 2.00 bits per heavy atom. The molecule has 0 saturated heterocycles.